The van der Waals surface area contributed by atoms with Gasteiger partial charge in [0.1, 0.15) is 17.2 Å². The van der Waals surface area contributed by atoms with Crippen LogP contribution < -0.4 is 16.8 Å². The van der Waals surface area contributed by atoms with Gasteiger partial charge in [0.15, 0.2) is 0 Å². The summed E-state index contributed by atoms with van der Waals surface area (Å²) in [6.45, 7) is 3.72. The standard InChI is InChI=1S/C19H21N5O2/c1-9-3-6-14(25)10(2)16(9)24-17(20)15(18(21)26)13-7-12(8-22-19(13)24)23-11-4-5-11/h3,6-8,11,23,25H,4-5,20H2,1-2H3,(H2,21,26). The predicted octanol–water partition coefficient (Wildman–Crippen LogP) is 2.60. The molecule has 0 atom stereocenters. The van der Waals surface area contributed by atoms with Gasteiger partial charge < -0.3 is 21.9 Å². The zero-order valence-corrected chi connectivity index (χ0v) is 14.7. The molecular formula is C19H21N5O2. The second kappa shape index (κ2) is 5.66. The molecule has 4 rings (SSSR count). The molecule has 0 radical (unpaired) electrons. The molecule has 2 aromatic heterocycles. The molecule has 7 heteroatoms. The SMILES string of the molecule is Cc1ccc(O)c(C)c1-n1c(N)c(C(N)=O)c2cc(NC3CC3)cnc21. The quantitative estimate of drug-likeness (QED) is 0.576. The number of nitrogens with zero attached hydrogens (tertiary/aromatic N) is 2. The Morgan fingerprint density at radius 3 is 2.73 bits per heavy atom. The number of nitrogen functional groups attached to an aromatic ring is 1. The molecule has 0 saturated heterocycles. The molecule has 1 amide bonds. The topological polar surface area (TPSA) is 119 Å². The Balaban J connectivity index is 2.03. The molecule has 26 heavy (non-hydrogen) atoms. The molecule has 1 saturated carbocycles. The van der Waals surface area contributed by atoms with E-state index < -0.39 is 5.91 Å². The van der Waals surface area contributed by atoms with Gasteiger partial charge in [-0.2, -0.15) is 0 Å². The molecule has 6 N–H and O–H groups in total. The Morgan fingerprint density at radius 2 is 2.08 bits per heavy atom. The highest BCUT2D eigenvalue weighted by molar-refractivity contribution is 6.11. The van der Waals surface area contributed by atoms with E-state index in [1.165, 1.54) is 0 Å². The molecule has 1 aromatic carbocycles. The summed E-state index contributed by atoms with van der Waals surface area (Å²) in [6.07, 6.45) is 3.99. The van der Waals surface area contributed by atoms with E-state index in [9.17, 15) is 9.90 Å². The summed E-state index contributed by atoms with van der Waals surface area (Å²) in [7, 11) is 0. The monoisotopic (exact) mass is 351 g/mol. The first-order valence-electron chi connectivity index (χ1n) is 8.54. The Bertz CT molecular complexity index is 1050. The minimum atomic E-state index is -0.605. The van der Waals surface area contributed by atoms with Crippen molar-refractivity contribution in [2.45, 2.75) is 32.7 Å². The fourth-order valence-electron chi connectivity index (χ4n) is 3.38. The number of primary amides is 1. The van der Waals surface area contributed by atoms with Gasteiger partial charge in [-0.15, -0.1) is 0 Å². The smallest absolute Gasteiger partial charge is 0.253 e. The number of anilines is 2. The van der Waals surface area contributed by atoms with Crippen molar-refractivity contribution in [1.82, 2.24) is 9.55 Å². The number of rotatable bonds is 4. The molecule has 2 heterocycles. The second-order valence-corrected chi connectivity index (χ2v) is 6.85. The number of hydrogen-bond acceptors (Lipinski definition) is 5. The summed E-state index contributed by atoms with van der Waals surface area (Å²) in [6, 6.07) is 5.76. The number of aromatic hydroxyl groups is 1. The zero-order valence-electron chi connectivity index (χ0n) is 14.7. The van der Waals surface area contributed by atoms with Gasteiger partial charge >= 0.3 is 0 Å². The Labute approximate surface area is 150 Å². The molecule has 3 aromatic rings. The summed E-state index contributed by atoms with van der Waals surface area (Å²) in [5, 5.41) is 14.1. The van der Waals surface area contributed by atoms with Crippen LogP contribution in [0.25, 0.3) is 16.7 Å². The summed E-state index contributed by atoms with van der Waals surface area (Å²) in [5.74, 6) is -0.230. The Morgan fingerprint density at radius 1 is 1.35 bits per heavy atom. The van der Waals surface area contributed by atoms with Gasteiger partial charge in [0, 0.05) is 17.0 Å². The molecular weight excluding hydrogens is 330 g/mol. The van der Waals surface area contributed by atoms with Gasteiger partial charge in [-0.3, -0.25) is 9.36 Å². The Kier molecular flexibility index (Phi) is 3.54. The molecule has 7 nitrogen and oxygen atoms in total. The highest BCUT2D eigenvalue weighted by Gasteiger charge is 2.25. The third-order valence-electron chi connectivity index (χ3n) is 4.87. The number of hydrogen-bond donors (Lipinski definition) is 4. The summed E-state index contributed by atoms with van der Waals surface area (Å²) in [5.41, 5.74) is 15.8. The van der Waals surface area contributed by atoms with Crippen molar-refractivity contribution >= 4 is 28.4 Å². The van der Waals surface area contributed by atoms with Crippen LogP contribution in [0.2, 0.25) is 0 Å². The number of amides is 1. The molecule has 0 spiro atoms. The maximum absolute atomic E-state index is 12.1. The first-order chi connectivity index (χ1) is 12.4. The molecule has 0 aliphatic heterocycles. The van der Waals surface area contributed by atoms with E-state index in [4.69, 9.17) is 11.5 Å². The van der Waals surface area contributed by atoms with Gasteiger partial charge in [0.25, 0.3) is 5.91 Å². The van der Waals surface area contributed by atoms with Crippen LogP contribution in [0.4, 0.5) is 11.5 Å². The lowest BCUT2D eigenvalue weighted by atomic mass is 10.1. The van der Waals surface area contributed by atoms with Crippen molar-refractivity contribution in [3.63, 3.8) is 0 Å². The normalized spacial score (nSPS) is 13.9. The van der Waals surface area contributed by atoms with Crippen LogP contribution in [-0.2, 0) is 0 Å². The lowest BCUT2D eigenvalue weighted by Crippen LogP contribution is -2.14. The van der Waals surface area contributed by atoms with Crippen molar-refractivity contribution in [2.75, 3.05) is 11.1 Å². The third kappa shape index (κ3) is 2.44. The highest BCUT2D eigenvalue weighted by atomic mass is 16.3. The van der Waals surface area contributed by atoms with E-state index in [0.717, 1.165) is 24.1 Å². The van der Waals surface area contributed by atoms with Gasteiger partial charge in [-0.25, -0.2) is 4.98 Å². The number of nitrogens with two attached hydrogens (primary N) is 2. The molecule has 1 fully saturated rings. The number of phenols is 1. The number of pyridine rings is 1. The minimum Gasteiger partial charge on any atom is -0.508 e. The Hall–Kier alpha value is -3.22. The maximum Gasteiger partial charge on any atom is 0.253 e. The number of phenolic OH excluding ortho intramolecular Hbond substituents is 1. The first kappa shape index (κ1) is 16.3. The minimum absolute atomic E-state index is 0.152. The van der Waals surface area contributed by atoms with Crippen molar-refractivity contribution in [1.29, 1.82) is 0 Å². The average Bonchev–Trinajstić information content (AvgIpc) is 3.35. The lowest BCUT2D eigenvalue weighted by molar-refractivity contribution is 0.100. The number of benzene rings is 1. The molecule has 1 aliphatic carbocycles. The molecule has 0 bridgehead atoms. The summed E-state index contributed by atoms with van der Waals surface area (Å²) < 4.78 is 1.70. The molecule has 134 valence electrons. The van der Waals surface area contributed by atoms with Crippen LogP contribution >= 0.6 is 0 Å². The third-order valence-corrected chi connectivity index (χ3v) is 4.87. The van der Waals surface area contributed by atoms with Crippen LogP contribution in [0, 0.1) is 13.8 Å². The average molecular weight is 351 g/mol. The number of nitrogens with one attached hydrogen (secondary N) is 1. The fourth-order valence-corrected chi connectivity index (χ4v) is 3.38. The number of carbonyl (C=O) groups excluding carboxylic acids is 1. The van der Waals surface area contributed by atoms with Crippen molar-refractivity contribution in [3.05, 3.63) is 41.1 Å². The molecule has 1 aliphatic rings. The van der Waals surface area contributed by atoms with Crippen LogP contribution in [0.15, 0.2) is 24.4 Å². The number of aromatic nitrogens is 2. The van der Waals surface area contributed by atoms with E-state index in [1.54, 1.807) is 29.8 Å². The predicted molar refractivity (Wildman–Crippen MR) is 102 cm³/mol. The summed E-state index contributed by atoms with van der Waals surface area (Å²) in [4.78, 5) is 16.6. The van der Waals surface area contributed by atoms with Gasteiger partial charge in [-0.05, 0) is 44.4 Å². The zero-order chi connectivity index (χ0) is 18.6. The van der Waals surface area contributed by atoms with Crippen molar-refractivity contribution in [3.8, 4) is 11.4 Å². The number of carbonyl (C=O) groups is 1. The highest BCUT2D eigenvalue weighted by Crippen LogP contribution is 2.36. The first-order valence-corrected chi connectivity index (χ1v) is 8.54. The van der Waals surface area contributed by atoms with Gasteiger partial charge in [0.05, 0.1) is 23.1 Å². The van der Waals surface area contributed by atoms with Gasteiger partial charge in [0.2, 0.25) is 0 Å². The van der Waals surface area contributed by atoms with E-state index in [2.05, 4.69) is 10.3 Å². The van der Waals surface area contributed by atoms with E-state index in [0.29, 0.717) is 28.3 Å². The van der Waals surface area contributed by atoms with Crippen LogP contribution in [0.5, 0.6) is 5.75 Å². The van der Waals surface area contributed by atoms with Crippen molar-refractivity contribution < 1.29 is 9.90 Å². The summed E-state index contributed by atoms with van der Waals surface area (Å²) >= 11 is 0. The lowest BCUT2D eigenvalue weighted by Gasteiger charge is -2.15. The molecule has 0 unspecified atom stereocenters. The number of aryl methyl sites for hydroxylation is 1. The van der Waals surface area contributed by atoms with Crippen LogP contribution in [0.1, 0.15) is 34.3 Å². The van der Waals surface area contributed by atoms with Gasteiger partial charge in [-0.1, -0.05) is 6.07 Å². The van der Waals surface area contributed by atoms with Crippen LogP contribution in [-0.4, -0.2) is 26.6 Å². The fraction of sp³-hybridized carbons (Fsp3) is 0.263. The second-order valence-electron chi connectivity index (χ2n) is 6.85. The van der Waals surface area contributed by atoms with E-state index in [-0.39, 0.29) is 17.1 Å². The largest absolute Gasteiger partial charge is 0.508 e. The van der Waals surface area contributed by atoms with Crippen LogP contribution in [0.3, 0.4) is 0 Å². The van der Waals surface area contributed by atoms with Crippen molar-refractivity contribution in [2.24, 2.45) is 5.73 Å². The maximum atomic E-state index is 12.1. The number of fused-ring (bicyclic) bond motifs is 1. The van der Waals surface area contributed by atoms with E-state index >= 15 is 0 Å². The van der Waals surface area contributed by atoms with E-state index in [1.807, 2.05) is 13.0 Å².